The lowest BCUT2D eigenvalue weighted by Crippen LogP contribution is -2.50. The fourth-order valence-electron chi connectivity index (χ4n) is 2.94. The highest BCUT2D eigenvalue weighted by Gasteiger charge is 2.26. The summed E-state index contributed by atoms with van der Waals surface area (Å²) in [4.78, 5) is 35.3. The van der Waals surface area contributed by atoms with Crippen molar-refractivity contribution in [1.29, 1.82) is 0 Å². The zero-order chi connectivity index (χ0) is 20.3. The van der Waals surface area contributed by atoms with E-state index in [9.17, 15) is 19.7 Å². The van der Waals surface area contributed by atoms with Gasteiger partial charge in [0, 0.05) is 12.5 Å². The molecule has 0 fully saturated rings. The fourth-order valence-corrected chi connectivity index (χ4v) is 2.94. The largest absolute Gasteiger partial charge is 0.467 e. The molecule has 2 aromatic carbocycles. The molecule has 0 aromatic heterocycles. The summed E-state index contributed by atoms with van der Waals surface area (Å²) in [6, 6.07) is 9.19. The Hall–Kier alpha value is -3.46. The van der Waals surface area contributed by atoms with Gasteiger partial charge in [0.15, 0.2) is 0 Å². The number of nitro groups is 1. The first-order chi connectivity index (χ1) is 13.4. The van der Waals surface area contributed by atoms with Gasteiger partial charge in [0.2, 0.25) is 11.7 Å². The first-order valence-electron chi connectivity index (χ1n) is 8.55. The number of rotatable bonds is 2. The van der Waals surface area contributed by atoms with E-state index >= 15 is 0 Å². The Balaban J connectivity index is 2.06. The third kappa shape index (κ3) is 4.26. The smallest absolute Gasteiger partial charge is 0.328 e. The van der Waals surface area contributed by atoms with Gasteiger partial charge >= 0.3 is 11.7 Å². The number of nitro benzene ring substituents is 1. The predicted octanol–water partition coefficient (Wildman–Crippen LogP) is 1.47. The number of nitrogens with zero attached hydrogens (tertiary/aromatic N) is 1. The number of hydrogen-bond acceptors (Lipinski definition) is 7. The Morgan fingerprint density at radius 1 is 1.21 bits per heavy atom. The summed E-state index contributed by atoms with van der Waals surface area (Å²) < 4.78 is 10.5. The van der Waals surface area contributed by atoms with Crippen LogP contribution in [0.5, 0.6) is 11.5 Å². The third-order valence-corrected chi connectivity index (χ3v) is 4.41. The van der Waals surface area contributed by atoms with Crippen LogP contribution in [0.1, 0.15) is 11.1 Å². The monoisotopic (exact) mass is 385 g/mol. The van der Waals surface area contributed by atoms with E-state index in [4.69, 9.17) is 15.2 Å². The van der Waals surface area contributed by atoms with Crippen molar-refractivity contribution >= 4 is 17.6 Å². The number of nitrogens with one attached hydrogen (secondary N) is 1. The van der Waals surface area contributed by atoms with Crippen molar-refractivity contribution in [1.82, 2.24) is 5.32 Å². The van der Waals surface area contributed by atoms with Crippen LogP contribution in [0, 0.1) is 10.1 Å². The number of hydrogen-bond donors (Lipinski definition) is 2. The van der Waals surface area contributed by atoms with Crippen molar-refractivity contribution in [3.63, 3.8) is 0 Å². The van der Waals surface area contributed by atoms with Crippen LogP contribution >= 0.6 is 0 Å². The van der Waals surface area contributed by atoms with Crippen LogP contribution in [0.4, 0.5) is 5.69 Å². The minimum atomic E-state index is -0.985. The molecule has 28 heavy (non-hydrogen) atoms. The molecule has 0 radical (unpaired) electrons. The lowest BCUT2D eigenvalue weighted by atomic mass is 10.0. The number of methoxy groups -OCH3 is 1. The lowest BCUT2D eigenvalue weighted by molar-refractivity contribution is -0.385. The zero-order valence-corrected chi connectivity index (χ0v) is 15.1. The maximum atomic E-state index is 12.4. The molecule has 146 valence electrons. The molecule has 0 spiro atoms. The highest BCUT2D eigenvalue weighted by molar-refractivity contribution is 5.87. The van der Waals surface area contributed by atoms with Crippen LogP contribution in [-0.4, -0.2) is 36.0 Å². The van der Waals surface area contributed by atoms with Gasteiger partial charge in [-0.15, -0.1) is 0 Å². The van der Waals surface area contributed by atoms with E-state index in [0.717, 1.165) is 5.56 Å². The standard InChI is InChI=1S/C19H19N3O6/c1-27-19(24)15-9-12-4-7-16(22(25)26)17(10-12)28-13-5-2-11(3-6-13)8-14(20)18(23)21-15/h2-7,10,14-15H,8-9,20H2,1H3,(H,21,23)/t14-,15-/m0/s1. The minimum absolute atomic E-state index is 0.0407. The lowest BCUT2D eigenvalue weighted by Gasteiger charge is -2.20. The zero-order valence-electron chi connectivity index (χ0n) is 15.1. The summed E-state index contributed by atoms with van der Waals surface area (Å²) in [7, 11) is 1.21. The average Bonchev–Trinajstić information content (AvgIpc) is 2.67. The van der Waals surface area contributed by atoms with Crippen LogP contribution in [-0.2, 0) is 27.2 Å². The third-order valence-electron chi connectivity index (χ3n) is 4.41. The van der Waals surface area contributed by atoms with Gasteiger partial charge in [0.1, 0.15) is 11.8 Å². The number of fused-ring (bicyclic) bond motifs is 7. The number of benzene rings is 2. The number of esters is 1. The highest BCUT2D eigenvalue weighted by Crippen LogP contribution is 2.33. The Morgan fingerprint density at radius 3 is 2.54 bits per heavy atom. The molecule has 0 aliphatic carbocycles. The molecule has 4 rings (SSSR count). The fraction of sp³-hybridized carbons (Fsp3) is 0.263. The van der Waals surface area contributed by atoms with Gasteiger partial charge in [-0.25, -0.2) is 4.79 Å². The quantitative estimate of drug-likeness (QED) is 0.454. The second-order valence-electron chi connectivity index (χ2n) is 6.40. The molecule has 2 atom stereocenters. The van der Waals surface area contributed by atoms with Crippen molar-refractivity contribution in [2.45, 2.75) is 24.9 Å². The molecular formula is C19H19N3O6. The summed E-state index contributed by atoms with van der Waals surface area (Å²) in [5, 5.41) is 13.9. The highest BCUT2D eigenvalue weighted by atomic mass is 16.6. The van der Waals surface area contributed by atoms with E-state index in [2.05, 4.69) is 5.32 Å². The Labute approximate surface area is 160 Å². The SMILES string of the molecule is COC(=O)[C@@H]1Cc2ccc([N+](=O)[O-])c(c2)Oc2ccc(cc2)C[C@H](N)C(=O)N1. The molecule has 0 saturated heterocycles. The number of nitrogens with two attached hydrogens (primary N) is 1. The first kappa shape index (κ1) is 19.3. The topological polar surface area (TPSA) is 134 Å². The molecule has 2 aliphatic rings. The Bertz CT molecular complexity index is 912. The maximum Gasteiger partial charge on any atom is 0.328 e. The molecule has 0 unspecified atom stereocenters. The first-order valence-corrected chi connectivity index (χ1v) is 8.55. The molecule has 9 heteroatoms. The van der Waals surface area contributed by atoms with Crippen molar-refractivity contribution < 1.29 is 24.0 Å². The van der Waals surface area contributed by atoms with Gasteiger partial charge in [0.05, 0.1) is 18.1 Å². The molecule has 2 aromatic rings. The van der Waals surface area contributed by atoms with Crippen LogP contribution < -0.4 is 15.8 Å². The summed E-state index contributed by atoms with van der Waals surface area (Å²) >= 11 is 0. The molecule has 9 nitrogen and oxygen atoms in total. The van der Waals surface area contributed by atoms with Crippen molar-refractivity contribution in [2.75, 3.05) is 7.11 Å². The van der Waals surface area contributed by atoms with Gasteiger partial charge < -0.3 is 20.5 Å². The Kier molecular flexibility index (Phi) is 5.55. The molecule has 3 N–H and O–H groups in total. The van der Waals surface area contributed by atoms with E-state index in [1.807, 2.05) is 0 Å². The number of carbonyl (C=O) groups excluding carboxylic acids is 2. The van der Waals surface area contributed by atoms with Gasteiger partial charge in [0.25, 0.3) is 0 Å². The molecule has 2 aliphatic heterocycles. The second-order valence-corrected chi connectivity index (χ2v) is 6.40. The van der Waals surface area contributed by atoms with Crippen LogP contribution in [0.25, 0.3) is 0 Å². The number of amides is 1. The van der Waals surface area contributed by atoms with Crippen LogP contribution in [0.2, 0.25) is 0 Å². The minimum Gasteiger partial charge on any atom is -0.467 e. The van der Waals surface area contributed by atoms with Crippen LogP contribution in [0.15, 0.2) is 42.5 Å². The van der Waals surface area contributed by atoms with E-state index in [-0.39, 0.29) is 24.3 Å². The van der Waals surface area contributed by atoms with Gasteiger partial charge in [-0.3, -0.25) is 14.9 Å². The molecular weight excluding hydrogens is 366 g/mol. The summed E-state index contributed by atoms with van der Waals surface area (Å²) in [5.41, 5.74) is 7.09. The van der Waals surface area contributed by atoms with E-state index < -0.39 is 28.9 Å². The second kappa shape index (κ2) is 8.05. The van der Waals surface area contributed by atoms with Crippen molar-refractivity contribution in [3.05, 3.63) is 63.7 Å². The van der Waals surface area contributed by atoms with Crippen molar-refractivity contribution in [3.8, 4) is 11.5 Å². The van der Waals surface area contributed by atoms with E-state index in [1.165, 1.54) is 25.3 Å². The summed E-state index contributed by atoms with van der Waals surface area (Å²) in [6.45, 7) is 0. The molecule has 1 amide bonds. The van der Waals surface area contributed by atoms with E-state index in [0.29, 0.717) is 11.3 Å². The molecule has 0 saturated carbocycles. The van der Waals surface area contributed by atoms with Crippen molar-refractivity contribution in [2.24, 2.45) is 5.73 Å². The Morgan fingerprint density at radius 2 is 1.89 bits per heavy atom. The summed E-state index contributed by atoms with van der Waals surface area (Å²) in [5.74, 6) is -0.686. The van der Waals surface area contributed by atoms with Gasteiger partial charge in [-0.05, 0) is 35.7 Å². The van der Waals surface area contributed by atoms with Gasteiger partial charge in [-0.2, -0.15) is 0 Å². The molecule has 4 bridgehead atoms. The average molecular weight is 385 g/mol. The van der Waals surface area contributed by atoms with E-state index in [1.54, 1.807) is 24.3 Å². The van der Waals surface area contributed by atoms with Gasteiger partial charge in [-0.1, -0.05) is 18.2 Å². The van der Waals surface area contributed by atoms with Crippen LogP contribution in [0.3, 0.4) is 0 Å². The normalized spacial score (nSPS) is 19.1. The number of carbonyl (C=O) groups is 2. The summed E-state index contributed by atoms with van der Waals surface area (Å²) in [6.07, 6.45) is 0.322. The molecule has 2 heterocycles. The maximum absolute atomic E-state index is 12.4. The predicted molar refractivity (Wildman–Crippen MR) is 98.9 cm³/mol. The number of ether oxygens (including phenoxy) is 2.